The highest BCUT2D eigenvalue weighted by Crippen LogP contribution is 2.26. The van der Waals surface area contributed by atoms with E-state index in [-0.39, 0.29) is 5.91 Å². The lowest BCUT2D eigenvalue weighted by molar-refractivity contribution is 0.0953. The summed E-state index contributed by atoms with van der Waals surface area (Å²) in [6, 6.07) is 15.0. The number of nitrogens with two attached hydrogens (primary N) is 1. The van der Waals surface area contributed by atoms with E-state index in [4.69, 9.17) is 10.6 Å². The molecule has 0 aliphatic rings. The number of amides is 1. The van der Waals surface area contributed by atoms with Crippen LogP contribution in [-0.2, 0) is 0 Å². The van der Waals surface area contributed by atoms with Gasteiger partial charge in [-0.15, -0.1) is 11.8 Å². The molecule has 0 bridgehead atoms. The van der Waals surface area contributed by atoms with Gasteiger partial charge in [-0.3, -0.25) is 10.2 Å². The van der Waals surface area contributed by atoms with Gasteiger partial charge in [-0.1, -0.05) is 18.2 Å². The van der Waals surface area contributed by atoms with E-state index in [1.165, 1.54) is 4.90 Å². The Kier molecular flexibility index (Phi) is 6.10. The maximum atomic E-state index is 11.4. The van der Waals surface area contributed by atoms with Crippen LogP contribution < -0.4 is 16.0 Å². The molecule has 2 aromatic carbocycles. The second-order valence-electron chi connectivity index (χ2n) is 4.13. The highest BCUT2D eigenvalue weighted by Gasteiger charge is 2.05. The number of hydrazine groups is 1. The standard InChI is InChI=1S/C15H15BrN2O2S/c16-13-6-1-2-7-14(13)21-9-8-20-12-5-3-4-11(10-12)15(19)18-17/h1-7,10H,8-9,17H2,(H,18,19). The molecule has 0 aliphatic heterocycles. The van der Waals surface area contributed by atoms with E-state index in [2.05, 4.69) is 27.4 Å². The molecule has 2 aromatic rings. The second-order valence-corrected chi connectivity index (χ2v) is 6.12. The van der Waals surface area contributed by atoms with Crippen molar-refractivity contribution in [3.8, 4) is 5.75 Å². The number of carbonyl (C=O) groups is 1. The molecule has 1 amide bonds. The molecule has 21 heavy (non-hydrogen) atoms. The van der Waals surface area contributed by atoms with Crippen molar-refractivity contribution < 1.29 is 9.53 Å². The van der Waals surface area contributed by atoms with Crippen molar-refractivity contribution in [2.75, 3.05) is 12.4 Å². The summed E-state index contributed by atoms with van der Waals surface area (Å²) in [6.45, 7) is 0.555. The summed E-state index contributed by atoms with van der Waals surface area (Å²) in [5, 5.41) is 0. The Labute approximate surface area is 136 Å². The number of halogens is 1. The Hall–Kier alpha value is -1.50. The maximum Gasteiger partial charge on any atom is 0.265 e. The molecule has 2 rings (SSSR count). The van der Waals surface area contributed by atoms with Gasteiger partial charge in [0.05, 0.1) is 6.61 Å². The summed E-state index contributed by atoms with van der Waals surface area (Å²) < 4.78 is 6.73. The average molecular weight is 367 g/mol. The zero-order chi connectivity index (χ0) is 15.1. The molecule has 0 unspecified atom stereocenters. The van der Waals surface area contributed by atoms with Crippen molar-refractivity contribution in [3.63, 3.8) is 0 Å². The highest BCUT2D eigenvalue weighted by molar-refractivity contribution is 9.10. The summed E-state index contributed by atoms with van der Waals surface area (Å²) in [5.41, 5.74) is 2.58. The molecule has 0 heterocycles. The largest absolute Gasteiger partial charge is 0.493 e. The first-order valence-corrected chi connectivity index (χ1v) is 8.09. The van der Waals surface area contributed by atoms with Gasteiger partial charge in [0, 0.05) is 20.7 Å². The predicted molar refractivity (Wildman–Crippen MR) is 88.5 cm³/mol. The molecule has 0 saturated heterocycles. The maximum absolute atomic E-state index is 11.4. The molecule has 6 heteroatoms. The third-order valence-corrected chi connectivity index (χ3v) is 4.67. The molecular weight excluding hydrogens is 352 g/mol. The number of hydrogen-bond donors (Lipinski definition) is 2. The Bertz CT molecular complexity index is 622. The lowest BCUT2D eigenvalue weighted by atomic mass is 10.2. The zero-order valence-electron chi connectivity index (χ0n) is 11.2. The lowest BCUT2D eigenvalue weighted by Crippen LogP contribution is -2.29. The molecule has 0 aromatic heterocycles. The van der Waals surface area contributed by atoms with Gasteiger partial charge in [0.1, 0.15) is 5.75 Å². The minimum absolute atomic E-state index is 0.331. The van der Waals surface area contributed by atoms with Crippen LogP contribution in [0.4, 0.5) is 0 Å². The molecule has 3 N–H and O–H groups in total. The van der Waals surface area contributed by atoms with Gasteiger partial charge in [0.25, 0.3) is 5.91 Å². The summed E-state index contributed by atoms with van der Waals surface area (Å²) in [6.07, 6.45) is 0. The Morgan fingerprint density at radius 1 is 1.24 bits per heavy atom. The van der Waals surface area contributed by atoms with Gasteiger partial charge < -0.3 is 4.74 Å². The van der Waals surface area contributed by atoms with Crippen LogP contribution in [0, 0.1) is 0 Å². The van der Waals surface area contributed by atoms with Crippen molar-refractivity contribution in [1.29, 1.82) is 0 Å². The van der Waals surface area contributed by atoms with E-state index < -0.39 is 0 Å². The number of thioether (sulfide) groups is 1. The van der Waals surface area contributed by atoms with E-state index in [0.717, 1.165) is 10.2 Å². The number of benzene rings is 2. The van der Waals surface area contributed by atoms with Crippen LogP contribution in [0.5, 0.6) is 5.75 Å². The number of ether oxygens (including phenoxy) is 1. The number of carbonyl (C=O) groups excluding carboxylic acids is 1. The van der Waals surface area contributed by atoms with E-state index in [0.29, 0.717) is 17.9 Å². The SMILES string of the molecule is NNC(=O)c1cccc(OCCSc2ccccc2Br)c1. The Balaban J connectivity index is 1.84. The first kappa shape index (κ1) is 15.9. The highest BCUT2D eigenvalue weighted by atomic mass is 79.9. The van der Waals surface area contributed by atoms with Crippen LogP contribution in [-0.4, -0.2) is 18.3 Å². The average Bonchev–Trinajstić information content (AvgIpc) is 2.52. The fourth-order valence-corrected chi connectivity index (χ4v) is 3.08. The summed E-state index contributed by atoms with van der Waals surface area (Å²) in [7, 11) is 0. The zero-order valence-corrected chi connectivity index (χ0v) is 13.6. The molecule has 0 atom stereocenters. The molecule has 0 radical (unpaired) electrons. The van der Waals surface area contributed by atoms with E-state index >= 15 is 0 Å². The first-order valence-electron chi connectivity index (χ1n) is 6.32. The van der Waals surface area contributed by atoms with E-state index in [1.807, 2.05) is 24.3 Å². The smallest absolute Gasteiger partial charge is 0.265 e. The number of hydrogen-bond acceptors (Lipinski definition) is 4. The summed E-state index contributed by atoms with van der Waals surface area (Å²) in [5.74, 6) is 6.25. The molecule has 110 valence electrons. The molecule has 4 nitrogen and oxygen atoms in total. The van der Waals surface area contributed by atoms with Gasteiger partial charge in [-0.2, -0.15) is 0 Å². The lowest BCUT2D eigenvalue weighted by Gasteiger charge is -2.08. The normalized spacial score (nSPS) is 10.2. The quantitative estimate of drug-likeness (QED) is 0.271. The van der Waals surface area contributed by atoms with E-state index in [1.54, 1.807) is 30.0 Å². The molecule has 0 fully saturated rings. The second kappa shape index (κ2) is 8.07. The van der Waals surface area contributed by atoms with Gasteiger partial charge in [0.15, 0.2) is 0 Å². The van der Waals surface area contributed by atoms with Crippen molar-refractivity contribution in [2.24, 2.45) is 5.84 Å². The van der Waals surface area contributed by atoms with Crippen LogP contribution in [0.1, 0.15) is 10.4 Å². The summed E-state index contributed by atoms with van der Waals surface area (Å²) in [4.78, 5) is 12.6. The fourth-order valence-electron chi connectivity index (χ4n) is 1.68. The molecule has 0 spiro atoms. The Morgan fingerprint density at radius 2 is 2.05 bits per heavy atom. The predicted octanol–water partition coefficient (Wildman–Crippen LogP) is 3.22. The molecule has 0 saturated carbocycles. The van der Waals surface area contributed by atoms with Crippen LogP contribution >= 0.6 is 27.7 Å². The van der Waals surface area contributed by atoms with Crippen LogP contribution in [0.25, 0.3) is 0 Å². The summed E-state index contributed by atoms with van der Waals surface area (Å²) >= 11 is 5.22. The Morgan fingerprint density at radius 3 is 2.81 bits per heavy atom. The third-order valence-electron chi connectivity index (χ3n) is 2.67. The van der Waals surface area contributed by atoms with Crippen LogP contribution in [0.3, 0.4) is 0 Å². The third kappa shape index (κ3) is 4.77. The monoisotopic (exact) mass is 366 g/mol. The fraction of sp³-hybridized carbons (Fsp3) is 0.133. The topological polar surface area (TPSA) is 64.3 Å². The minimum Gasteiger partial charge on any atom is -0.493 e. The minimum atomic E-state index is -0.331. The van der Waals surface area contributed by atoms with Gasteiger partial charge in [0.2, 0.25) is 0 Å². The van der Waals surface area contributed by atoms with Crippen LogP contribution in [0.2, 0.25) is 0 Å². The van der Waals surface area contributed by atoms with Gasteiger partial charge in [-0.25, -0.2) is 5.84 Å². The van der Waals surface area contributed by atoms with Crippen molar-refractivity contribution in [3.05, 3.63) is 58.6 Å². The van der Waals surface area contributed by atoms with Gasteiger partial charge >= 0.3 is 0 Å². The number of nitrogen functional groups attached to an aromatic ring is 1. The van der Waals surface area contributed by atoms with Crippen molar-refractivity contribution >= 4 is 33.6 Å². The van der Waals surface area contributed by atoms with Crippen molar-refractivity contribution in [2.45, 2.75) is 4.90 Å². The number of nitrogens with one attached hydrogen (secondary N) is 1. The molecule has 0 aliphatic carbocycles. The van der Waals surface area contributed by atoms with Crippen molar-refractivity contribution in [1.82, 2.24) is 5.43 Å². The first-order chi connectivity index (χ1) is 10.2. The van der Waals surface area contributed by atoms with E-state index in [9.17, 15) is 4.79 Å². The van der Waals surface area contributed by atoms with Crippen LogP contribution in [0.15, 0.2) is 57.9 Å². The number of rotatable bonds is 6. The van der Waals surface area contributed by atoms with Gasteiger partial charge in [-0.05, 0) is 46.3 Å². The molecular formula is C15H15BrN2O2S.